The second-order valence-corrected chi connectivity index (χ2v) is 13.6. The zero-order valence-electron chi connectivity index (χ0n) is 29.1. The van der Waals surface area contributed by atoms with Crippen molar-refractivity contribution >= 4 is 40.4 Å². The average molecular weight is 767 g/mol. The molecule has 3 N–H and O–H groups in total. The minimum Gasteiger partial charge on any atom is -0.480 e. The van der Waals surface area contributed by atoms with Crippen molar-refractivity contribution in [3.05, 3.63) is 135 Å². The van der Waals surface area contributed by atoms with E-state index in [-0.39, 0.29) is 29.2 Å². The molecular weight excluding hydrogens is 735 g/mol. The molecule has 0 radical (unpaired) electrons. The summed E-state index contributed by atoms with van der Waals surface area (Å²) in [6.07, 6.45) is 9.13. The van der Waals surface area contributed by atoms with Gasteiger partial charge in [0.25, 0.3) is 11.5 Å². The van der Waals surface area contributed by atoms with E-state index >= 15 is 8.78 Å². The topological polar surface area (TPSA) is 183 Å². The van der Waals surface area contributed by atoms with E-state index in [0.29, 0.717) is 35.3 Å². The number of anilines is 1. The van der Waals surface area contributed by atoms with E-state index in [0.717, 1.165) is 52.4 Å². The van der Waals surface area contributed by atoms with Crippen molar-refractivity contribution in [1.29, 1.82) is 0 Å². The van der Waals surface area contributed by atoms with Crippen molar-refractivity contribution in [3.8, 4) is 16.9 Å². The van der Waals surface area contributed by atoms with Crippen LogP contribution in [0.1, 0.15) is 40.5 Å². The molecular formula is C38H32F2N8O6S. The number of benzene rings is 2. The Labute approximate surface area is 315 Å². The number of nitrogens with zero attached hydrogens (tertiary/aromatic N) is 6. The summed E-state index contributed by atoms with van der Waals surface area (Å²) in [6.45, 7) is 1.40. The minimum atomic E-state index is -1.56. The lowest BCUT2D eigenvalue weighted by atomic mass is 9.99. The number of aryl methyl sites for hydroxylation is 1. The Morgan fingerprint density at radius 2 is 1.69 bits per heavy atom. The fourth-order valence-electron chi connectivity index (χ4n) is 6.12. The van der Waals surface area contributed by atoms with Gasteiger partial charge in [0.05, 0.1) is 28.4 Å². The molecule has 17 heteroatoms. The van der Waals surface area contributed by atoms with Crippen molar-refractivity contribution in [3.63, 3.8) is 0 Å². The van der Waals surface area contributed by atoms with Crippen LogP contribution in [0.4, 0.5) is 14.5 Å². The van der Waals surface area contributed by atoms with Crippen LogP contribution in [0.5, 0.6) is 0 Å². The maximum absolute atomic E-state index is 15.2. The molecule has 0 unspecified atom stereocenters. The maximum atomic E-state index is 15.2. The summed E-state index contributed by atoms with van der Waals surface area (Å²) in [5.41, 5.74) is 0.187. The standard InChI is InChI=1S/C38H32F2N8O6S/c1-47-32-20-41-11-8-26(32)36(50)48(38(47)53)33-7-2-21(17-42-33)14-31(37(51)52)45-35(49)27-15-29(40)30(16-28(27)39)46-55-25-5-3-22(4-6-25)24-18-43-34(44-19-24)23-9-12-54-13-10-23/h2-8,11,15-20,23,31,46H,9-10,12-14H2,1H3,(H,45,49)(H,51,52)/t31-/m0/s1. The molecule has 0 bridgehead atoms. The molecule has 1 aliphatic heterocycles. The molecule has 1 atom stereocenters. The summed E-state index contributed by atoms with van der Waals surface area (Å²) in [5, 5.41) is 12.3. The van der Waals surface area contributed by atoms with Crippen molar-refractivity contribution in [1.82, 2.24) is 34.4 Å². The van der Waals surface area contributed by atoms with Gasteiger partial charge in [0.2, 0.25) is 0 Å². The molecule has 14 nitrogen and oxygen atoms in total. The first-order valence-electron chi connectivity index (χ1n) is 17.0. The minimum absolute atomic E-state index is 0.00706. The van der Waals surface area contributed by atoms with E-state index in [1.165, 1.54) is 48.4 Å². The van der Waals surface area contributed by atoms with Gasteiger partial charge in [0, 0.05) is 73.9 Å². The Morgan fingerprint density at radius 3 is 2.38 bits per heavy atom. The van der Waals surface area contributed by atoms with Gasteiger partial charge in [-0.25, -0.2) is 37.9 Å². The third-order valence-corrected chi connectivity index (χ3v) is 10.0. The number of aromatic nitrogens is 6. The lowest BCUT2D eigenvalue weighted by Gasteiger charge is -2.20. The van der Waals surface area contributed by atoms with E-state index < -0.39 is 46.4 Å². The molecule has 1 fully saturated rings. The molecule has 1 saturated heterocycles. The highest BCUT2D eigenvalue weighted by molar-refractivity contribution is 8.00. The van der Waals surface area contributed by atoms with Gasteiger partial charge >= 0.3 is 11.7 Å². The van der Waals surface area contributed by atoms with Gasteiger partial charge in [-0.1, -0.05) is 18.2 Å². The first-order valence-corrected chi connectivity index (χ1v) is 17.9. The molecule has 1 amide bonds. The van der Waals surface area contributed by atoms with Gasteiger partial charge < -0.3 is 19.9 Å². The Morgan fingerprint density at radius 1 is 0.945 bits per heavy atom. The van der Waals surface area contributed by atoms with E-state index in [2.05, 4.69) is 30.0 Å². The van der Waals surface area contributed by atoms with Gasteiger partial charge in [0.15, 0.2) is 0 Å². The summed E-state index contributed by atoms with van der Waals surface area (Å²) in [5.74, 6) is -3.51. The highest BCUT2D eigenvalue weighted by Crippen LogP contribution is 2.29. The number of nitrogens with one attached hydrogen (secondary N) is 2. The number of hydrogen-bond acceptors (Lipinski definition) is 11. The lowest BCUT2D eigenvalue weighted by Crippen LogP contribution is -2.42. The van der Waals surface area contributed by atoms with E-state index in [1.54, 1.807) is 24.5 Å². The maximum Gasteiger partial charge on any atom is 0.337 e. The second-order valence-electron chi connectivity index (χ2n) is 12.7. The molecule has 280 valence electrons. The Balaban J connectivity index is 0.979. The number of hydrogen-bond donors (Lipinski definition) is 3. The molecule has 6 aromatic rings. The van der Waals surface area contributed by atoms with Crippen molar-refractivity contribution in [2.45, 2.75) is 36.1 Å². The van der Waals surface area contributed by atoms with Crippen LogP contribution in [0.2, 0.25) is 0 Å². The van der Waals surface area contributed by atoms with E-state index in [4.69, 9.17) is 4.74 Å². The van der Waals surface area contributed by atoms with Crippen LogP contribution < -0.4 is 21.3 Å². The summed E-state index contributed by atoms with van der Waals surface area (Å²) in [7, 11) is 1.49. The van der Waals surface area contributed by atoms with Gasteiger partial charge in [0.1, 0.15) is 29.3 Å². The number of ether oxygens (including phenoxy) is 1. The number of rotatable bonds is 11. The molecule has 7 rings (SSSR count). The summed E-state index contributed by atoms with van der Waals surface area (Å²) >= 11 is 1.03. The second kappa shape index (κ2) is 16.0. The van der Waals surface area contributed by atoms with Gasteiger partial charge in [-0.2, -0.15) is 0 Å². The number of pyridine rings is 2. The molecule has 1 aliphatic rings. The molecule has 5 heterocycles. The fraction of sp³-hybridized carbons (Fsp3) is 0.211. The van der Waals surface area contributed by atoms with Crippen LogP contribution in [0.25, 0.3) is 27.8 Å². The summed E-state index contributed by atoms with van der Waals surface area (Å²) in [4.78, 5) is 69.0. The average Bonchev–Trinajstić information content (AvgIpc) is 3.21. The lowest BCUT2D eigenvalue weighted by molar-refractivity contribution is -0.139. The number of carboxylic acids is 1. The summed E-state index contributed by atoms with van der Waals surface area (Å²) < 4.78 is 40.6. The smallest absolute Gasteiger partial charge is 0.337 e. The quantitative estimate of drug-likeness (QED) is 0.156. The number of carboxylic acid groups (broad SMARTS) is 1. The third-order valence-electron chi connectivity index (χ3n) is 9.18. The van der Waals surface area contributed by atoms with Crippen molar-refractivity contribution in [2.75, 3.05) is 17.9 Å². The molecule has 0 spiro atoms. The van der Waals surface area contributed by atoms with E-state index in [9.17, 15) is 24.3 Å². The third kappa shape index (κ3) is 7.97. The molecule has 4 aromatic heterocycles. The van der Waals surface area contributed by atoms with Crippen LogP contribution in [0.3, 0.4) is 0 Å². The van der Waals surface area contributed by atoms with Crippen LogP contribution in [0, 0.1) is 11.6 Å². The molecule has 55 heavy (non-hydrogen) atoms. The molecule has 2 aromatic carbocycles. The van der Waals surface area contributed by atoms with Crippen LogP contribution in [-0.4, -0.2) is 65.3 Å². The number of carbonyl (C=O) groups is 2. The van der Waals surface area contributed by atoms with Crippen molar-refractivity contribution in [2.24, 2.45) is 7.05 Å². The van der Waals surface area contributed by atoms with Crippen LogP contribution in [0.15, 0.2) is 100 Å². The van der Waals surface area contributed by atoms with Crippen molar-refractivity contribution < 1.29 is 28.2 Å². The monoisotopic (exact) mass is 766 g/mol. The summed E-state index contributed by atoms with van der Waals surface area (Å²) in [6, 6.07) is 11.5. The van der Waals surface area contributed by atoms with Gasteiger partial charge in [-0.15, -0.1) is 0 Å². The Kier molecular flexibility index (Phi) is 10.7. The highest BCUT2D eigenvalue weighted by Gasteiger charge is 2.25. The highest BCUT2D eigenvalue weighted by atomic mass is 32.2. The molecule has 0 aliphatic carbocycles. The Hall–Kier alpha value is -6.33. The van der Waals surface area contributed by atoms with Crippen LogP contribution >= 0.6 is 11.9 Å². The number of carbonyl (C=O) groups excluding carboxylic acids is 1. The number of halogens is 2. The number of amides is 1. The first-order chi connectivity index (χ1) is 26.6. The van der Waals surface area contributed by atoms with Gasteiger partial charge in [-0.3, -0.25) is 19.1 Å². The fourth-order valence-corrected chi connectivity index (χ4v) is 6.78. The van der Waals surface area contributed by atoms with Gasteiger partial charge in [-0.05, 0) is 66.2 Å². The number of aliphatic carboxylic acids is 1. The Bertz CT molecular complexity index is 2510. The molecule has 0 saturated carbocycles. The predicted molar refractivity (Wildman–Crippen MR) is 199 cm³/mol. The predicted octanol–water partition coefficient (Wildman–Crippen LogP) is 4.65. The number of fused-ring (bicyclic) bond motifs is 1. The van der Waals surface area contributed by atoms with Crippen LogP contribution in [-0.2, 0) is 23.0 Å². The van der Waals surface area contributed by atoms with E-state index in [1.807, 2.05) is 12.1 Å². The zero-order chi connectivity index (χ0) is 38.6. The normalized spacial score (nSPS) is 13.7. The largest absolute Gasteiger partial charge is 0.480 e. The zero-order valence-corrected chi connectivity index (χ0v) is 29.9. The SMILES string of the molecule is Cn1c(=O)n(-c2ccc(C[C@H](NC(=O)c3cc(F)c(NSc4ccc(-c5cnc(C6CCOCC6)nc5)cc4)cc3F)C(=O)O)cn2)c(=O)c2ccncc21. The first kappa shape index (κ1) is 37.0.